The SMILES string of the molecule is COCc1csc(NC(=O)N2CCc3ccccc3C2)n1. The molecule has 6 heteroatoms. The zero-order chi connectivity index (χ0) is 14.7. The molecule has 3 rings (SSSR count). The van der Waals surface area contributed by atoms with Crippen molar-refractivity contribution in [2.75, 3.05) is 19.0 Å². The number of amides is 2. The number of carbonyl (C=O) groups is 1. The number of thiazole rings is 1. The molecule has 2 aromatic rings. The van der Waals surface area contributed by atoms with Crippen molar-refractivity contribution in [2.24, 2.45) is 0 Å². The van der Waals surface area contributed by atoms with Gasteiger partial charge in [0.05, 0.1) is 12.3 Å². The van der Waals surface area contributed by atoms with E-state index in [1.54, 1.807) is 7.11 Å². The van der Waals surface area contributed by atoms with Crippen molar-refractivity contribution in [2.45, 2.75) is 19.6 Å². The second-order valence-electron chi connectivity index (χ2n) is 4.95. The molecule has 2 amide bonds. The summed E-state index contributed by atoms with van der Waals surface area (Å²) < 4.78 is 5.02. The van der Waals surface area contributed by atoms with Crippen LogP contribution in [0.5, 0.6) is 0 Å². The Bertz CT molecular complexity index is 641. The van der Waals surface area contributed by atoms with Crippen LogP contribution in [0, 0.1) is 0 Å². The Morgan fingerprint density at radius 2 is 2.24 bits per heavy atom. The van der Waals surface area contributed by atoms with E-state index in [4.69, 9.17) is 4.74 Å². The van der Waals surface area contributed by atoms with Crippen LogP contribution >= 0.6 is 11.3 Å². The predicted molar refractivity (Wildman–Crippen MR) is 82.4 cm³/mol. The quantitative estimate of drug-likeness (QED) is 0.948. The van der Waals surface area contributed by atoms with Gasteiger partial charge in [-0.1, -0.05) is 24.3 Å². The zero-order valence-corrected chi connectivity index (χ0v) is 12.7. The zero-order valence-electron chi connectivity index (χ0n) is 11.8. The molecule has 0 fully saturated rings. The lowest BCUT2D eigenvalue weighted by atomic mass is 10.0. The van der Waals surface area contributed by atoms with Crippen LogP contribution < -0.4 is 5.32 Å². The third-order valence-electron chi connectivity index (χ3n) is 3.48. The predicted octanol–water partition coefficient (Wildman–Crippen LogP) is 2.88. The molecule has 21 heavy (non-hydrogen) atoms. The highest BCUT2D eigenvalue weighted by atomic mass is 32.1. The fourth-order valence-corrected chi connectivity index (χ4v) is 3.10. The molecule has 1 N–H and O–H groups in total. The number of hydrogen-bond donors (Lipinski definition) is 1. The molecule has 0 unspecified atom stereocenters. The second-order valence-corrected chi connectivity index (χ2v) is 5.81. The molecule has 0 atom stereocenters. The smallest absolute Gasteiger partial charge is 0.323 e. The van der Waals surface area contributed by atoms with Gasteiger partial charge in [0.2, 0.25) is 0 Å². The first-order chi connectivity index (χ1) is 10.3. The summed E-state index contributed by atoms with van der Waals surface area (Å²) in [6.45, 7) is 1.85. The molecule has 1 aromatic carbocycles. The summed E-state index contributed by atoms with van der Waals surface area (Å²) >= 11 is 1.42. The third-order valence-corrected chi connectivity index (χ3v) is 4.28. The van der Waals surface area contributed by atoms with Gasteiger partial charge in [0.15, 0.2) is 5.13 Å². The molecule has 0 bridgehead atoms. The number of anilines is 1. The molecule has 5 nitrogen and oxygen atoms in total. The van der Waals surface area contributed by atoms with Crippen LogP contribution in [-0.2, 0) is 24.3 Å². The van der Waals surface area contributed by atoms with Crippen LogP contribution in [0.1, 0.15) is 16.8 Å². The number of methoxy groups -OCH3 is 1. The van der Waals surface area contributed by atoms with Gasteiger partial charge in [-0.15, -0.1) is 11.3 Å². The summed E-state index contributed by atoms with van der Waals surface area (Å²) in [5.74, 6) is 0. The average molecular weight is 303 g/mol. The number of nitrogens with one attached hydrogen (secondary N) is 1. The third kappa shape index (κ3) is 3.22. The summed E-state index contributed by atoms with van der Waals surface area (Å²) in [6.07, 6.45) is 0.899. The lowest BCUT2D eigenvalue weighted by Gasteiger charge is -2.28. The molecule has 110 valence electrons. The van der Waals surface area contributed by atoms with Crippen molar-refractivity contribution in [3.8, 4) is 0 Å². The van der Waals surface area contributed by atoms with E-state index in [0.717, 1.165) is 18.7 Å². The van der Waals surface area contributed by atoms with E-state index >= 15 is 0 Å². The first-order valence-electron chi connectivity index (χ1n) is 6.82. The van der Waals surface area contributed by atoms with E-state index in [1.807, 2.05) is 22.4 Å². The number of aromatic nitrogens is 1. The molecule has 0 radical (unpaired) electrons. The molecule has 0 saturated heterocycles. The number of urea groups is 1. The van der Waals surface area contributed by atoms with E-state index in [-0.39, 0.29) is 6.03 Å². The first-order valence-corrected chi connectivity index (χ1v) is 7.70. The van der Waals surface area contributed by atoms with Gasteiger partial charge in [-0.25, -0.2) is 9.78 Å². The van der Waals surface area contributed by atoms with Crippen molar-refractivity contribution < 1.29 is 9.53 Å². The Hall–Kier alpha value is -1.92. The standard InChI is InChI=1S/C15H17N3O2S/c1-20-9-13-10-21-14(16-13)17-15(19)18-7-6-11-4-2-3-5-12(11)8-18/h2-5,10H,6-9H2,1H3,(H,16,17,19). The fourth-order valence-electron chi connectivity index (χ4n) is 2.42. The lowest BCUT2D eigenvalue weighted by molar-refractivity contribution is 0.182. The van der Waals surface area contributed by atoms with Crippen LogP contribution in [0.25, 0.3) is 0 Å². The molecule has 1 aliphatic heterocycles. The maximum atomic E-state index is 12.3. The van der Waals surface area contributed by atoms with Gasteiger partial charge in [0.25, 0.3) is 0 Å². The Morgan fingerprint density at radius 1 is 1.43 bits per heavy atom. The van der Waals surface area contributed by atoms with E-state index in [2.05, 4.69) is 22.4 Å². The van der Waals surface area contributed by atoms with Gasteiger partial charge in [-0.05, 0) is 17.5 Å². The number of rotatable bonds is 3. The van der Waals surface area contributed by atoms with Crippen LogP contribution in [0.2, 0.25) is 0 Å². The summed E-state index contributed by atoms with van der Waals surface area (Å²) in [4.78, 5) is 18.4. The number of nitrogens with zero attached hydrogens (tertiary/aromatic N) is 2. The molecular weight excluding hydrogens is 286 g/mol. The monoisotopic (exact) mass is 303 g/mol. The highest BCUT2D eigenvalue weighted by molar-refractivity contribution is 7.13. The minimum atomic E-state index is -0.0946. The number of benzene rings is 1. The van der Waals surface area contributed by atoms with Gasteiger partial charge >= 0.3 is 6.03 Å². The van der Waals surface area contributed by atoms with Crippen molar-refractivity contribution in [3.63, 3.8) is 0 Å². The van der Waals surface area contributed by atoms with Gasteiger partial charge in [-0.3, -0.25) is 5.32 Å². The first kappa shape index (κ1) is 14.0. The molecule has 0 aliphatic carbocycles. The summed E-state index contributed by atoms with van der Waals surface area (Å²) in [7, 11) is 1.63. The van der Waals surface area contributed by atoms with E-state index in [9.17, 15) is 4.79 Å². The minimum absolute atomic E-state index is 0.0946. The molecule has 0 saturated carbocycles. The highest BCUT2D eigenvalue weighted by Gasteiger charge is 2.20. The normalized spacial score (nSPS) is 13.9. The van der Waals surface area contributed by atoms with E-state index in [1.165, 1.54) is 22.5 Å². The molecular formula is C15H17N3O2S. The summed E-state index contributed by atoms with van der Waals surface area (Å²) in [5, 5.41) is 5.37. The molecule has 1 aromatic heterocycles. The van der Waals surface area contributed by atoms with Crippen molar-refractivity contribution in [1.29, 1.82) is 0 Å². The Labute approximate surface area is 127 Å². The van der Waals surface area contributed by atoms with Gasteiger partial charge in [0, 0.05) is 25.6 Å². The fraction of sp³-hybridized carbons (Fsp3) is 0.333. The molecule has 0 spiro atoms. The Kier molecular flexibility index (Phi) is 4.17. The van der Waals surface area contributed by atoms with Crippen LogP contribution in [0.15, 0.2) is 29.6 Å². The van der Waals surface area contributed by atoms with Gasteiger partial charge < -0.3 is 9.64 Å². The lowest BCUT2D eigenvalue weighted by Crippen LogP contribution is -2.38. The minimum Gasteiger partial charge on any atom is -0.378 e. The van der Waals surface area contributed by atoms with Crippen LogP contribution in [0.3, 0.4) is 0 Å². The van der Waals surface area contributed by atoms with Gasteiger partial charge in [0.1, 0.15) is 0 Å². The topological polar surface area (TPSA) is 54.5 Å². The number of carbonyl (C=O) groups excluding carboxylic acids is 1. The highest BCUT2D eigenvalue weighted by Crippen LogP contribution is 2.21. The van der Waals surface area contributed by atoms with Crippen LogP contribution in [0.4, 0.5) is 9.93 Å². The van der Waals surface area contributed by atoms with Gasteiger partial charge in [-0.2, -0.15) is 0 Å². The maximum Gasteiger partial charge on any atom is 0.323 e. The van der Waals surface area contributed by atoms with Crippen molar-refractivity contribution >= 4 is 22.5 Å². The summed E-state index contributed by atoms with van der Waals surface area (Å²) in [6, 6.07) is 8.17. The van der Waals surface area contributed by atoms with E-state index < -0.39 is 0 Å². The Morgan fingerprint density at radius 3 is 3.05 bits per heavy atom. The largest absolute Gasteiger partial charge is 0.378 e. The average Bonchev–Trinajstić information content (AvgIpc) is 2.94. The summed E-state index contributed by atoms with van der Waals surface area (Å²) in [5.41, 5.74) is 3.39. The number of hydrogen-bond acceptors (Lipinski definition) is 4. The second kappa shape index (κ2) is 6.24. The Balaban J connectivity index is 1.63. The van der Waals surface area contributed by atoms with Crippen LogP contribution in [-0.4, -0.2) is 29.6 Å². The molecule has 1 aliphatic rings. The number of fused-ring (bicyclic) bond motifs is 1. The van der Waals surface area contributed by atoms with E-state index in [0.29, 0.717) is 18.3 Å². The maximum absolute atomic E-state index is 12.3. The van der Waals surface area contributed by atoms with Crippen molar-refractivity contribution in [3.05, 3.63) is 46.5 Å². The number of ether oxygens (including phenoxy) is 1. The molecule has 2 heterocycles. The van der Waals surface area contributed by atoms with Crippen molar-refractivity contribution in [1.82, 2.24) is 9.88 Å².